The van der Waals surface area contributed by atoms with Crippen LogP contribution in [0.25, 0.3) is 0 Å². The first-order valence-corrected chi connectivity index (χ1v) is 11.5. The van der Waals surface area contributed by atoms with Gasteiger partial charge < -0.3 is 9.80 Å². The Labute approximate surface area is 197 Å². The highest BCUT2D eigenvalue weighted by atomic mass is 16.2. The van der Waals surface area contributed by atoms with Crippen molar-refractivity contribution in [1.82, 2.24) is 5.32 Å². The van der Waals surface area contributed by atoms with Gasteiger partial charge in [-0.1, -0.05) is 54.6 Å². The SMILES string of the molecule is O=C1NC(=O)[C@@]2(Cc3ccccc3N3CCN(c4ccccc4)C[C@H]32)C(=O)N1c1ccccc1. The van der Waals surface area contributed by atoms with E-state index in [1.54, 1.807) is 24.3 Å². The number of nitrogens with one attached hydrogen (secondary N) is 1. The first-order chi connectivity index (χ1) is 16.6. The highest BCUT2D eigenvalue weighted by Crippen LogP contribution is 2.46. The second kappa shape index (κ2) is 7.73. The van der Waals surface area contributed by atoms with Gasteiger partial charge in [0.25, 0.3) is 5.91 Å². The summed E-state index contributed by atoms with van der Waals surface area (Å²) in [6.07, 6.45) is 0.244. The van der Waals surface area contributed by atoms with Crippen molar-refractivity contribution in [2.24, 2.45) is 5.41 Å². The van der Waals surface area contributed by atoms with Gasteiger partial charge in [-0.2, -0.15) is 0 Å². The van der Waals surface area contributed by atoms with Crippen molar-refractivity contribution in [3.63, 3.8) is 0 Å². The zero-order chi connectivity index (χ0) is 23.3. The number of nitrogens with zero attached hydrogens (tertiary/aromatic N) is 3. The van der Waals surface area contributed by atoms with Crippen LogP contribution in [0.2, 0.25) is 0 Å². The van der Waals surface area contributed by atoms with Crippen molar-refractivity contribution in [2.45, 2.75) is 12.5 Å². The molecule has 3 heterocycles. The lowest BCUT2D eigenvalue weighted by Gasteiger charge is -2.55. The van der Waals surface area contributed by atoms with E-state index in [9.17, 15) is 14.4 Å². The number of urea groups is 1. The Kier molecular flexibility index (Phi) is 4.65. The highest BCUT2D eigenvalue weighted by Gasteiger charge is 2.63. The monoisotopic (exact) mass is 452 g/mol. The summed E-state index contributed by atoms with van der Waals surface area (Å²) in [6.45, 7) is 1.93. The van der Waals surface area contributed by atoms with Crippen molar-refractivity contribution in [3.05, 3.63) is 90.5 Å². The number of fused-ring (bicyclic) bond motifs is 4. The van der Waals surface area contributed by atoms with Gasteiger partial charge in [-0.05, 0) is 42.3 Å². The van der Waals surface area contributed by atoms with Crippen LogP contribution in [0.5, 0.6) is 0 Å². The molecule has 1 spiro atoms. The first-order valence-electron chi connectivity index (χ1n) is 11.5. The number of carbonyl (C=O) groups is 3. The van der Waals surface area contributed by atoms with Crippen LogP contribution in [0.3, 0.4) is 0 Å². The van der Waals surface area contributed by atoms with Crippen LogP contribution in [-0.4, -0.2) is 43.5 Å². The average molecular weight is 453 g/mol. The maximum Gasteiger partial charge on any atom is 0.335 e. The number of para-hydroxylation sites is 3. The fourth-order valence-electron chi connectivity index (χ4n) is 5.64. The van der Waals surface area contributed by atoms with Gasteiger partial charge >= 0.3 is 6.03 Å². The van der Waals surface area contributed by atoms with E-state index in [0.717, 1.165) is 28.4 Å². The van der Waals surface area contributed by atoms with E-state index in [0.29, 0.717) is 18.8 Å². The van der Waals surface area contributed by atoms with Gasteiger partial charge in [-0.15, -0.1) is 0 Å². The molecule has 1 N–H and O–H groups in total. The van der Waals surface area contributed by atoms with E-state index in [2.05, 4.69) is 21.2 Å². The van der Waals surface area contributed by atoms with Gasteiger partial charge in [0.15, 0.2) is 5.41 Å². The minimum atomic E-state index is -1.43. The molecule has 2 saturated heterocycles. The quantitative estimate of drug-likeness (QED) is 0.605. The molecule has 2 atom stereocenters. The Morgan fingerprint density at radius 2 is 1.41 bits per heavy atom. The molecule has 0 saturated carbocycles. The first kappa shape index (κ1) is 20.5. The molecule has 3 aromatic rings. The number of rotatable bonds is 2. The molecule has 0 aromatic heterocycles. The molecule has 0 radical (unpaired) electrons. The van der Waals surface area contributed by atoms with Crippen LogP contribution in [-0.2, 0) is 16.0 Å². The lowest BCUT2D eigenvalue weighted by Crippen LogP contribution is -2.75. The van der Waals surface area contributed by atoms with Gasteiger partial charge in [0.2, 0.25) is 5.91 Å². The molecule has 4 amide bonds. The summed E-state index contributed by atoms with van der Waals surface area (Å²) in [5.41, 5.74) is 2.08. The van der Waals surface area contributed by atoms with Crippen molar-refractivity contribution in [2.75, 3.05) is 34.3 Å². The summed E-state index contributed by atoms with van der Waals surface area (Å²) < 4.78 is 0. The van der Waals surface area contributed by atoms with E-state index < -0.39 is 29.3 Å². The van der Waals surface area contributed by atoms with Crippen LogP contribution < -0.4 is 20.0 Å². The molecule has 170 valence electrons. The standard InChI is InChI=1S/C27H24N4O3/c32-24-27(25(33)31(26(34)28-24)21-12-5-2-6-13-21)17-19-9-7-8-14-22(19)30-16-15-29(18-23(27)30)20-10-3-1-4-11-20/h1-14,23H,15-18H2,(H,28,32,34)/t23-,27-/m0/s1. The number of hydrogen-bond donors (Lipinski definition) is 1. The molecule has 3 aliphatic rings. The third kappa shape index (κ3) is 2.93. The average Bonchev–Trinajstić information content (AvgIpc) is 2.88. The number of barbiturate groups is 1. The van der Waals surface area contributed by atoms with E-state index in [1.165, 1.54) is 0 Å². The van der Waals surface area contributed by atoms with Gasteiger partial charge in [-0.3, -0.25) is 14.9 Å². The maximum absolute atomic E-state index is 14.2. The number of carbonyl (C=O) groups excluding carboxylic acids is 3. The third-order valence-corrected chi connectivity index (χ3v) is 7.27. The molecular formula is C27H24N4O3. The van der Waals surface area contributed by atoms with Gasteiger partial charge in [0, 0.05) is 31.0 Å². The van der Waals surface area contributed by atoms with E-state index in [1.807, 2.05) is 54.6 Å². The molecule has 0 unspecified atom stereocenters. The summed E-state index contributed by atoms with van der Waals surface area (Å²) in [5, 5.41) is 2.52. The molecular weight excluding hydrogens is 428 g/mol. The highest BCUT2D eigenvalue weighted by molar-refractivity contribution is 6.30. The van der Waals surface area contributed by atoms with Crippen molar-refractivity contribution in [3.8, 4) is 0 Å². The molecule has 3 aliphatic heterocycles. The topological polar surface area (TPSA) is 73.0 Å². The summed E-state index contributed by atoms with van der Waals surface area (Å²) in [4.78, 5) is 46.3. The van der Waals surface area contributed by atoms with Crippen molar-refractivity contribution in [1.29, 1.82) is 0 Å². The summed E-state index contributed by atoms with van der Waals surface area (Å²) >= 11 is 0. The zero-order valence-electron chi connectivity index (χ0n) is 18.6. The minimum Gasteiger partial charge on any atom is -0.368 e. The molecule has 34 heavy (non-hydrogen) atoms. The largest absolute Gasteiger partial charge is 0.368 e. The minimum absolute atomic E-state index is 0.244. The Morgan fingerprint density at radius 3 is 2.15 bits per heavy atom. The predicted octanol–water partition coefficient (Wildman–Crippen LogP) is 3.21. The number of hydrogen-bond acceptors (Lipinski definition) is 5. The Morgan fingerprint density at radius 1 is 0.765 bits per heavy atom. The summed E-state index contributed by atoms with van der Waals surface area (Å²) in [7, 11) is 0. The number of amides is 4. The van der Waals surface area contributed by atoms with Crippen molar-refractivity contribution >= 4 is 34.9 Å². The second-order valence-electron chi connectivity index (χ2n) is 9.00. The van der Waals surface area contributed by atoms with Crippen LogP contribution in [0.4, 0.5) is 21.9 Å². The number of benzene rings is 3. The Balaban J connectivity index is 1.49. The molecule has 0 aliphatic carbocycles. The Bertz CT molecular complexity index is 1280. The van der Waals surface area contributed by atoms with Crippen LogP contribution >= 0.6 is 0 Å². The smallest absolute Gasteiger partial charge is 0.335 e. The van der Waals surface area contributed by atoms with E-state index in [4.69, 9.17) is 0 Å². The van der Waals surface area contributed by atoms with Crippen molar-refractivity contribution < 1.29 is 14.4 Å². The lowest BCUT2D eigenvalue weighted by molar-refractivity contribution is -0.144. The van der Waals surface area contributed by atoms with Gasteiger partial charge in [0.1, 0.15) is 0 Å². The van der Waals surface area contributed by atoms with Crippen LogP contribution in [0.15, 0.2) is 84.9 Å². The predicted molar refractivity (Wildman–Crippen MR) is 130 cm³/mol. The fourth-order valence-corrected chi connectivity index (χ4v) is 5.64. The fraction of sp³-hybridized carbons (Fsp3) is 0.222. The number of anilines is 3. The van der Waals surface area contributed by atoms with E-state index >= 15 is 0 Å². The molecule has 7 nitrogen and oxygen atoms in total. The number of imide groups is 2. The van der Waals surface area contributed by atoms with E-state index in [-0.39, 0.29) is 6.42 Å². The van der Waals surface area contributed by atoms with Crippen LogP contribution in [0.1, 0.15) is 5.56 Å². The normalized spacial score (nSPS) is 24.1. The lowest BCUT2D eigenvalue weighted by atomic mass is 9.67. The van der Waals surface area contributed by atoms with Crippen LogP contribution in [0, 0.1) is 5.41 Å². The molecule has 7 heteroatoms. The summed E-state index contributed by atoms with van der Waals surface area (Å²) in [5.74, 6) is -0.985. The molecule has 0 bridgehead atoms. The third-order valence-electron chi connectivity index (χ3n) is 7.27. The molecule has 3 aromatic carbocycles. The van der Waals surface area contributed by atoms with Gasteiger partial charge in [-0.25, -0.2) is 9.69 Å². The number of piperazine rings is 1. The Hall–Kier alpha value is -4.13. The second-order valence-corrected chi connectivity index (χ2v) is 9.00. The molecule has 2 fully saturated rings. The zero-order valence-corrected chi connectivity index (χ0v) is 18.6. The maximum atomic E-state index is 14.2. The summed E-state index contributed by atoms with van der Waals surface area (Å²) in [6, 6.07) is 25.7. The van der Waals surface area contributed by atoms with Gasteiger partial charge in [0.05, 0.1) is 11.7 Å². The molecule has 6 rings (SSSR count).